The number of thioether (sulfide) groups is 1. The van der Waals surface area contributed by atoms with Crippen LogP contribution < -0.4 is 5.32 Å². The number of hydrogen-bond donors (Lipinski definition) is 1. The van der Waals surface area contributed by atoms with Crippen molar-refractivity contribution >= 4 is 27.7 Å². The summed E-state index contributed by atoms with van der Waals surface area (Å²) in [7, 11) is -0.671. The summed E-state index contributed by atoms with van der Waals surface area (Å²) >= 11 is 1.82. The molecule has 0 aromatic heterocycles. The summed E-state index contributed by atoms with van der Waals surface area (Å²) in [6.07, 6.45) is 0. The molecule has 5 heteroatoms. The van der Waals surface area contributed by atoms with Gasteiger partial charge in [0.25, 0.3) is 0 Å². The van der Waals surface area contributed by atoms with E-state index in [9.17, 15) is 4.21 Å². The lowest BCUT2D eigenvalue weighted by Gasteiger charge is -2.11. The normalized spacial score (nSPS) is 22.9. The summed E-state index contributed by atoms with van der Waals surface area (Å²) < 4.78 is 11.2. The number of nitrogens with zero attached hydrogens (tertiary/aromatic N) is 1. The van der Waals surface area contributed by atoms with Crippen LogP contribution in [0.4, 0.5) is 0 Å². The minimum Gasteiger partial charge on any atom is -0.364 e. The zero-order chi connectivity index (χ0) is 11.3. The molecule has 0 aliphatic carbocycles. The molecule has 2 atom stereocenters. The van der Waals surface area contributed by atoms with Crippen LogP contribution in [0.15, 0.2) is 4.99 Å². The zero-order valence-corrected chi connectivity index (χ0v) is 11.3. The third-order valence-electron chi connectivity index (χ3n) is 2.35. The molecule has 1 aliphatic rings. The molecule has 0 aromatic carbocycles. The van der Waals surface area contributed by atoms with Crippen LogP contribution in [0.1, 0.15) is 20.8 Å². The van der Waals surface area contributed by atoms with Gasteiger partial charge >= 0.3 is 0 Å². The monoisotopic (exact) mass is 248 g/mol. The summed E-state index contributed by atoms with van der Waals surface area (Å²) in [6.45, 7) is 8.09. The summed E-state index contributed by atoms with van der Waals surface area (Å²) in [5.41, 5.74) is 0. The first-order valence-electron chi connectivity index (χ1n) is 5.43. The van der Waals surface area contributed by atoms with E-state index in [1.807, 2.05) is 18.7 Å². The average molecular weight is 248 g/mol. The highest BCUT2D eigenvalue weighted by atomic mass is 32.2. The number of nitrogens with one attached hydrogen (secondary N) is 1. The molecule has 88 valence electrons. The fourth-order valence-electron chi connectivity index (χ4n) is 1.25. The number of rotatable bonds is 5. The molecule has 1 heterocycles. The molecular weight excluding hydrogens is 228 g/mol. The summed E-state index contributed by atoms with van der Waals surface area (Å²) in [5.74, 6) is 2.14. The van der Waals surface area contributed by atoms with Crippen molar-refractivity contribution < 1.29 is 4.21 Å². The summed E-state index contributed by atoms with van der Waals surface area (Å²) in [4.78, 5) is 4.43. The van der Waals surface area contributed by atoms with E-state index >= 15 is 0 Å². The second-order valence-electron chi connectivity index (χ2n) is 3.91. The minimum atomic E-state index is -0.671. The van der Waals surface area contributed by atoms with Crippen LogP contribution in [0.2, 0.25) is 0 Å². The third-order valence-corrected chi connectivity index (χ3v) is 5.15. The van der Waals surface area contributed by atoms with E-state index in [0.717, 1.165) is 29.8 Å². The molecule has 0 bridgehead atoms. The van der Waals surface area contributed by atoms with Gasteiger partial charge in [0.05, 0.1) is 6.54 Å². The summed E-state index contributed by atoms with van der Waals surface area (Å²) in [5, 5.41) is 4.90. The van der Waals surface area contributed by atoms with Crippen molar-refractivity contribution in [3.8, 4) is 0 Å². The first-order valence-corrected chi connectivity index (χ1v) is 7.80. The van der Waals surface area contributed by atoms with Crippen molar-refractivity contribution in [3.05, 3.63) is 0 Å². The molecule has 0 saturated carbocycles. The minimum absolute atomic E-state index is 0.615. The second kappa shape index (κ2) is 6.53. The Labute approximate surface area is 99.0 Å². The quantitative estimate of drug-likeness (QED) is 0.801. The van der Waals surface area contributed by atoms with Crippen LogP contribution in [0.5, 0.6) is 0 Å². The first kappa shape index (κ1) is 13.0. The maximum absolute atomic E-state index is 11.2. The Morgan fingerprint density at radius 2 is 2.40 bits per heavy atom. The second-order valence-corrected chi connectivity index (χ2v) is 7.00. The van der Waals surface area contributed by atoms with Gasteiger partial charge in [-0.25, -0.2) is 0 Å². The van der Waals surface area contributed by atoms with Crippen LogP contribution in [-0.4, -0.2) is 39.2 Å². The van der Waals surface area contributed by atoms with Crippen molar-refractivity contribution in [2.24, 2.45) is 10.9 Å². The highest BCUT2D eigenvalue weighted by molar-refractivity contribution is 8.14. The first-order chi connectivity index (χ1) is 7.13. The Morgan fingerprint density at radius 1 is 1.67 bits per heavy atom. The van der Waals surface area contributed by atoms with Crippen molar-refractivity contribution in [1.82, 2.24) is 5.32 Å². The van der Waals surface area contributed by atoms with E-state index in [0.29, 0.717) is 11.2 Å². The molecule has 2 unspecified atom stereocenters. The molecule has 1 N–H and O–H groups in total. The van der Waals surface area contributed by atoms with Crippen molar-refractivity contribution in [2.75, 3.05) is 24.6 Å². The van der Waals surface area contributed by atoms with Crippen LogP contribution in [-0.2, 0) is 10.8 Å². The average Bonchev–Trinajstić information content (AvgIpc) is 2.66. The molecule has 1 rings (SSSR count). The van der Waals surface area contributed by atoms with E-state index in [1.54, 1.807) is 0 Å². The SMILES string of the molecule is CCS(=O)CCNC1=NCC(C(C)C)S1. The molecule has 0 saturated heterocycles. The predicted molar refractivity (Wildman–Crippen MR) is 70.1 cm³/mol. The van der Waals surface area contributed by atoms with Gasteiger partial charge in [-0.15, -0.1) is 0 Å². The number of aliphatic imine (C=N–C) groups is 1. The Hall–Kier alpha value is -0.0300. The van der Waals surface area contributed by atoms with Crippen LogP contribution in [0.25, 0.3) is 0 Å². The topological polar surface area (TPSA) is 41.5 Å². The van der Waals surface area contributed by atoms with Gasteiger partial charge in [-0.3, -0.25) is 9.20 Å². The van der Waals surface area contributed by atoms with Gasteiger partial charge in [0.1, 0.15) is 0 Å². The fraction of sp³-hybridized carbons (Fsp3) is 0.900. The smallest absolute Gasteiger partial charge is 0.156 e. The van der Waals surface area contributed by atoms with Crippen LogP contribution in [0.3, 0.4) is 0 Å². The fourth-order valence-corrected chi connectivity index (χ4v) is 2.91. The van der Waals surface area contributed by atoms with Gasteiger partial charge < -0.3 is 5.32 Å². The number of hydrogen-bond acceptors (Lipinski definition) is 4. The molecule has 3 nitrogen and oxygen atoms in total. The summed E-state index contributed by atoms with van der Waals surface area (Å²) in [6, 6.07) is 0. The lowest BCUT2D eigenvalue weighted by Crippen LogP contribution is -2.25. The highest BCUT2D eigenvalue weighted by Crippen LogP contribution is 2.25. The maximum atomic E-state index is 11.2. The predicted octanol–water partition coefficient (Wildman–Crippen LogP) is 1.47. The van der Waals surface area contributed by atoms with E-state index in [1.165, 1.54) is 0 Å². The molecule has 1 aliphatic heterocycles. The molecule has 0 aromatic rings. The van der Waals surface area contributed by atoms with Crippen LogP contribution >= 0.6 is 11.8 Å². The van der Waals surface area contributed by atoms with Gasteiger partial charge in [-0.05, 0) is 5.92 Å². The Morgan fingerprint density at radius 3 is 2.93 bits per heavy atom. The Kier molecular flexibility index (Phi) is 5.68. The number of amidine groups is 1. The highest BCUT2D eigenvalue weighted by Gasteiger charge is 2.21. The van der Waals surface area contributed by atoms with E-state index < -0.39 is 10.8 Å². The lowest BCUT2D eigenvalue weighted by molar-refractivity contribution is 0.621. The van der Waals surface area contributed by atoms with Gasteiger partial charge in [0, 0.05) is 34.1 Å². The maximum Gasteiger partial charge on any atom is 0.156 e. The van der Waals surface area contributed by atoms with Gasteiger partial charge in [0.15, 0.2) is 5.17 Å². The van der Waals surface area contributed by atoms with E-state index in [2.05, 4.69) is 24.2 Å². The Balaban J connectivity index is 2.16. The van der Waals surface area contributed by atoms with Crippen molar-refractivity contribution in [1.29, 1.82) is 0 Å². The molecule has 0 fully saturated rings. The van der Waals surface area contributed by atoms with Crippen LogP contribution in [0, 0.1) is 5.92 Å². The molecule has 0 radical (unpaired) electrons. The largest absolute Gasteiger partial charge is 0.364 e. The molecule has 0 amide bonds. The van der Waals surface area contributed by atoms with E-state index in [4.69, 9.17) is 0 Å². The van der Waals surface area contributed by atoms with Gasteiger partial charge in [0.2, 0.25) is 0 Å². The lowest BCUT2D eigenvalue weighted by atomic mass is 10.1. The van der Waals surface area contributed by atoms with Gasteiger partial charge in [-0.2, -0.15) is 0 Å². The third kappa shape index (κ3) is 4.55. The molecular formula is C10H20N2OS2. The van der Waals surface area contributed by atoms with Crippen molar-refractivity contribution in [2.45, 2.75) is 26.0 Å². The van der Waals surface area contributed by atoms with Gasteiger partial charge in [-0.1, -0.05) is 32.5 Å². The van der Waals surface area contributed by atoms with E-state index in [-0.39, 0.29) is 0 Å². The standard InChI is InChI=1S/C10H20N2OS2/c1-4-15(13)6-5-11-10-12-7-9(14-10)8(2)3/h8-9H,4-7H2,1-3H3,(H,11,12). The molecule has 15 heavy (non-hydrogen) atoms. The molecule has 0 spiro atoms. The zero-order valence-electron chi connectivity index (χ0n) is 9.66. The Bertz CT molecular complexity index is 254. The van der Waals surface area contributed by atoms with Crippen molar-refractivity contribution in [3.63, 3.8) is 0 Å².